The van der Waals surface area contributed by atoms with Crippen molar-refractivity contribution in [2.45, 2.75) is 19.4 Å². The highest BCUT2D eigenvalue weighted by atomic mass is 16.2. The quantitative estimate of drug-likeness (QED) is 0.823. The number of piperazine rings is 1. The number of hydrogen-bond donors (Lipinski definition) is 0. The van der Waals surface area contributed by atoms with E-state index in [2.05, 4.69) is 29.2 Å². The minimum absolute atomic E-state index is 0.0551. The second-order valence-corrected chi connectivity index (χ2v) is 7.63. The average Bonchev–Trinajstić information content (AvgIpc) is 3.29. The average molecular weight is 377 g/mol. The van der Waals surface area contributed by atoms with Gasteiger partial charge in [0, 0.05) is 56.9 Å². The van der Waals surface area contributed by atoms with Crippen molar-refractivity contribution in [2.24, 2.45) is 0 Å². The summed E-state index contributed by atoms with van der Waals surface area (Å²) in [5.74, 6) is 0.130. The molecule has 2 aromatic rings. The van der Waals surface area contributed by atoms with Gasteiger partial charge < -0.3 is 9.80 Å². The summed E-state index contributed by atoms with van der Waals surface area (Å²) in [7, 11) is 0. The second kappa shape index (κ2) is 8.57. The molecule has 2 amide bonds. The van der Waals surface area contributed by atoms with Crippen LogP contribution in [0.2, 0.25) is 0 Å². The fourth-order valence-corrected chi connectivity index (χ4v) is 3.99. The second-order valence-electron chi connectivity index (χ2n) is 7.63. The molecule has 0 N–H and O–H groups in total. The van der Waals surface area contributed by atoms with Crippen molar-refractivity contribution in [3.05, 3.63) is 71.3 Å². The highest BCUT2D eigenvalue weighted by molar-refractivity contribution is 5.98. The molecular formula is C23H27N3O2. The van der Waals surface area contributed by atoms with Crippen LogP contribution in [0.1, 0.15) is 39.1 Å². The maximum absolute atomic E-state index is 12.8. The first kappa shape index (κ1) is 18.7. The van der Waals surface area contributed by atoms with Crippen molar-refractivity contribution in [1.82, 2.24) is 14.7 Å². The molecule has 0 spiro atoms. The number of carbonyl (C=O) groups excluding carboxylic acids is 2. The van der Waals surface area contributed by atoms with Gasteiger partial charge >= 0.3 is 0 Å². The van der Waals surface area contributed by atoms with Crippen molar-refractivity contribution in [2.75, 3.05) is 39.3 Å². The predicted molar refractivity (Wildman–Crippen MR) is 109 cm³/mol. The molecule has 0 aliphatic carbocycles. The number of likely N-dealkylation sites (tertiary alicyclic amines) is 1. The maximum Gasteiger partial charge on any atom is 0.253 e. The van der Waals surface area contributed by atoms with E-state index in [1.807, 2.05) is 15.9 Å². The van der Waals surface area contributed by atoms with Crippen LogP contribution in [-0.2, 0) is 6.54 Å². The first-order chi connectivity index (χ1) is 13.7. The van der Waals surface area contributed by atoms with Crippen molar-refractivity contribution >= 4 is 11.8 Å². The third-order valence-electron chi connectivity index (χ3n) is 5.68. The molecule has 0 radical (unpaired) electrons. The minimum atomic E-state index is 0.0551. The molecule has 0 unspecified atom stereocenters. The zero-order valence-corrected chi connectivity index (χ0v) is 16.2. The minimum Gasteiger partial charge on any atom is -0.339 e. The van der Waals surface area contributed by atoms with E-state index >= 15 is 0 Å². The number of nitrogens with zero attached hydrogens (tertiary/aromatic N) is 3. The number of rotatable bonds is 4. The Morgan fingerprint density at radius 2 is 1.14 bits per heavy atom. The van der Waals surface area contributed by atoms with E-state index in [1.165, 1.54) is 5.56 Å². The lowest BCUT2D eigenvalue weighted by molar-refractivity contribution is 0.0627. The van der Waals surface area contributed by atoms with E-state index in [-0.39, 0.29) is 11.8 Å². The van der Waals surface area contributed by atoms with Gasteiger partial charge in [-0.15, -0.1) is 0 Å². The molecule has 2 aromatic carbocycles. The lowest BCUT2D eigenvalue weighted by Crippen LogP contribution is -2.48. The van der Waals surface area contributed by atoms with Crippen LogP contribution in [0.5, 0.6) is 0 Å². The number of amides is 2. The van der Waals surface area contributed by atoms with Gasteiger partial charge in [-0.05, 0) is 42.7 Å². The van der Waals surface area contributed by atoms with Gasteiger partial charge in [0.25, 0.3) is 11.8 Å². The monoisotopic (exact) mass is 377 g/mol. The first-order valence-corrected chi connectivity index (χ1v) is 10.2. The zero-order chi connectivity index (χ0) is 19.3. The van der Waals surface area contributed by atoms with E-state index in [0.29, 0.717) is 11.1 Å². The zero-order valence-electron chi connectivity index (χ0n) is 16.2. The van der Waals surface area contributed by atoms with Gasteiger partial charge in [0.15, 0.2) is 0 Å². The Morgan fingerprint density at radius 3 is 1.68 bits per heavy atom. The van der Waals surface area contributed by atoms with Crippen LogP contribution in [0.4, 0.5) is 0 Å². The SMILES string of the molecule is O=C(c1ccc(C(=O)N2CCN(Cc3ccccc3)CC2)cc1)N1CCCC1. The lowest BCUT2D eigenvalue weighted by Gasteiger charge is -2.34. The molecule has 0 aromatic heterocycles. The van der Waals surface area contributed by atoms with Gasteiger partial charge in [-0.25, -0.2) is 0 Å². The Morgan fingerprint density at radius 1 is 0.643 bits per heavy atom. The molecule has 4 rings (SSSR count). The van der Waals surface area contributed by atoms with Crippen LogP contribution in [-0.4, -0.2) is 65.8 Å². The number of benzene rings is 2. The van der Waals surface area contributed by atoms with Crippen molar-refractivity contribution in [3.63, 3.8) is 0 Å². The van der Waals surface area contributed by atoms with Crippen LogP contribution < -0.4 is 0 Å². The summed E-state index contributed by atoms with van der Waals surface area (Å²) in [5, 5.41) is 0. The van der Waals surface area contributed by atoms with E-state index < -0.39 is 0 Å². The summed E-state index contributed by atoms with van der Waals surface area (Å²) in [6.07, 6.45) is 2.16. The third-order valence-corrected chi connectivity index (χ3v) is 5.68. The van der Waals surface area contributed by atoms with Gasteiger partial charge in [-0.3, -0.25) is 14.5 Å². The van der Waals surface area contributed by atoms with Crippen molar-refractivity contribution in [1.29, 1.82) is 0 Å². The van der Waals surface area contributed by atoms with E-state index in [4.69, 9.17) is 0 Å². The molecule has 5 nitrogen and oxygen atoms in total. The van der Waals surface area contributed by atoms with Crippen LogP contribution >= 0.6 is 0 Å². The third kappa shape index (κ3) is 4.25. The molecule has 0 bridgehead atoms. The topological polar surface area (TPSA) is 43.9 Å². The normalized spacial score (nSPS) is 17.7. The standard InChI is InChI=1S/C23H27N3O2/c27-22(25-12-4-5-13-25)20-8-10-21(11-9-20)23(28)26-16-14-24(15-17-26)18-19-6-2-1-3-7-19/h1-3,6-11H,4-5,12-18H2. The Bertz CT molecular complexity index is 806. The number of hydrogen-bond acceptors (Lipinski definition) is 3. The summed E-state index contributed by atoms with van der Waals surface area (Å²) in [6, 6.07) is 17.6. The molecule has 2 fully saturated rings. The molecule has 5 heteroatoms. The largest absolute Gasteiger partial charge is 0.339 e. The van der Waals surface area contributed by atoms with Crippen LogP contribution in [0.3, 0.4) is 0 Å². The first-order valence-electron chi connectivity index (χ1n) is 10.2. The van der Waals surface area contributed by atoms with E-state index in [9.17, 15) is 9.59 Å². The Labute approximate surface area is 166 Å². The van der Waals surface area contributed by atoms with Crippen LogP contribution in [0.25, 0.3) is 0 Å². The number of carbonyl (C=O) groups is 2. The molecule has 2 heterocycles. The predicted octanol–water partition coefficient (Wildman–Crippen LogP) is 2.88. The van der Waals surface area contributed by atoms with E-state index in [1.54, 1.807) is 24.3 Å². The summed E-state index contributed by atoms with van der Waals surface area (Å²) in [5.41, 5.74) is 2.64. The summed E-state index contributed by atoms with van der Waals surface area (Å²) in [4.78, 5) is 31.4. The molecular weight excluding hydrogens is 350 g/mol. The molecule has 146 valence electrons. The van der Waals surface area contributed by atoms with Crippen LogP contribution in [0, 0.1) is 0 Å². The van der Waals surface area contributed by atoms with E-state index in [0.717, 1.165) is 58.7 Å². The van der Waals surface area contributed by atoms with Crippen LogP contribution in [0.15, 0.2) is 54.6 Å². The smallest absolute Gasteiger partial charge is 0.253 e. The highest BCUT2D eigenvalue weighted by Gasteiger charge is 2.23. The van der Waals surface area contributed by atoms with Gasteiger partial charge in [0.05, 0.1) is 0 Å². The Balaban J connectivity index is 1.31. The Hall–Kier alpha value is -2.66. The molecule has 0 saturated carbocycles. The fraction of sp³-hybridized carbons (Fsp3) is 0.391. The lowest BCUT2D eigenvalue weighted by atomic mass is 10.1. The van der Waals surface area contributed by atoms with Crippen molar-refractivity contribution < 1.29 is 9.59 Å². The molecule has 2 saturated heterocycles. The Kier molecular flexibility index (Phi) is 5.72. The summed E-state index contributed by atoms with van der Waals surface area (Å²) >= 11 is 0. The van der Waals surface area contributed by atoms with Crippen molar-refractivity contribution in [3.8, 4) is 0 Å². The molecule has 28 heavy (non-hydrogen) atoms. The molecule has 0 atom stereocenters. The summed E-state index contributed by atoms with van der Waals surface area (Å²) in [6.45, 7) is 5.84. The summed E-state index contributed by atoms with van der Waals surface area (Å²) < 4.78 is 0. The molecule has 2 aliphatic rings. The van der Waals surface area contributed by atoms with Gasteiger partial charge in [-0.2, -0.15) is 0 Å². The highest BCUT2D eigenvalue weighted by Crippen LogP contribution is 2.16. The van der Waals surface area contributed by atoms with Gasteiger partial charge in [0.2, 0.25) is 0 Å². The van der Waals surface area contributed by atoms with Gasteiger partial charge in [0.1, 0.15) is 0 Å². The fourth-order valence-electron chi connectivity index (χ4n) is 3.99. The maximum atomic E-state index is 12.8. The molecule has 2 aliphatic heterocycles. The van der Waals surface area contributed by atoms with Gasteiger partial charge in [-0.1, -0.05) is 30.3 Å².